The van der Waals surface area contributed by atoms with Crippen molar-refractivity contribution in [1.82, 2.24) is 15.4 Å². The van der Waals surface area contributed by atoms with Crippen LogP contribution in [0.5, 0.6) is 0 Å². The molecule has 4 nitrogen and oxygen atoms in total. The van der Waals surface area contributed by atoms with Crippen LogP contribution in [0.15, 0.2) is 10.6 Å². The van der Waals surface area contributed by atoms with Crippen LogP contribution >= 0.6 is 0 Å². The lowest BCUT2D eigenvalue weighted by Gasteiger charge is -2.31. The number of likely N-dealkylation sites (tertiary alicyclic amines) is 1. The van der Waals surface area contributed by atoms with Gasteiger partial charge in [-0.15, -0.1) is 0 Å². The van der Waals surface area contributed by atoms with E-state index in [2.05, 4.69) is 22.3 Å². The Morgan fingerprint density at radius 3 is 2.81 bits per heavy atom. The van der Waals surface area contributed by atoms with Gasteiger partial charge in [0.2, 0.25) is 0 Å². The van der Waals surface area contributed by atoms with Gasteiger partial charge < -0.3 is 9.84 Å². The molecule has 90 valence electrons. The van der Waals surface area contributed by atoms with Crippen molar-refractivity contribution in [2.45, 2.75) is 39.3 Å². The lowest BCUT2D eigenvalue weighted by molar-refractivity contribution is 0.187. The Balaban J connectivity index is 1.77. The zero-order valence-corrected chi connectivity index (χ0v) is 10.2. The molecular weight excluding hydrogens is 202 g/mol. The zero-order valence-electron chi connectivity index (χ0n) is 10.2. The molecule has 0 amide bonds. The number of piperidine rings is 1. The summed E-state index contributed by atoms with van der Waals surface area (Å²) in [6.45, 7) is 8.43. The fourth-order valence-corrected chi connectivity index (χ4v) is 2.31. The standard InChI is InChI=1S/C12H21N3O/c1-3-13-11-4-6-15(7-5-11)9-12-8-10(2)16-14-12/h8,11,13H,3-7,9H2,1-2H3. The second-order valence-electron chi connectivity index (χ2n) is 4.54. The minimum Gasteiger partial charge on any atom is -0.361 e. The van der Waals surface area contributed by atoms with Gasteiger partial charge in [-0.2, -0.15) is 0 Å². The first kappa shape index (κ1) is 11.6. The van der Waals surface area contributed by atoms with Crippen LogP contribution in [0.4, 0.5) is 0 Å². The van der Waals surface area contributed by atoms with Crippen molar-refractivity contribution >= 4 is 0 Å². The Morgan fingerprint density at radius 1 is 1.50 bits per heavy atom. The van der Waals surface area contributed by atoms with Gasteiger partial charge in [0.25, 0.3) is 0 Å². The highest BCUT2D eigenvalue weighted by Crippen LogP contribution is 2.13. The van der Waals surface area contributed by atoms with Crippen LogP contribution in [-0.2, 0) is 6.54 Å². The molecular formula is C12H21N3O. The first-order valence-corrected chi connectivity index (χ1v) is 6.16. The summed E-state index contributed by atoms with van der Waals surface area (Å²) in [4.78, 5) is 2.45. The third-order valence-electron chi connectivity index (χ3n) is 3.14. The molecule has 0 spiro atoms. The van der Waals surface area contributed by atoms with Gasteiger partial charge in [-0.3, -0.25) is 4.90 Å². The van der Waals surface area contributed by atoms with E-state index in [1.54, 1.807) is 0 Å². The van der Waals surface area contributed by atoms with E-state index in [4.69, 9.17) is 4.52 Å². The molecule has 1 aliphatic rings. The molecule has 0 aliphatic carbocycles. The van der Waals surface area contributed by atoms with Crippen molar-refractivity contribution in [1.29, 1.82) is 0 Å². The second kappa shape index (κ2) is 5.46. The maximum absolute atomic E-state index is 5.08. The SMILES string of the molecule is CCNC1CCN(Cc2cc(C)on2)CC1. The first-order chi connectivity index (χ1) is 7.78. The number of hydrogen-bond acceptors (Lipinski definition) is 4. The Morgan fingerprint density at radius 2 is 2.25 bits per heavy atom. The first-order valence-electron chi connectivity index (χ1n) is 6.16. The third-order valence-corrected chi connectivity index (χ3v) is 3.14. The molecule has 0 bridgehead atoms. The van der Waals surface area contributed by atoms with Crippen LogP contribution in [0.3, 0.4) is 0 Å². The van der Waals surface area contributed by atoms with Crippen molar-refractivity contribution in [2.24, 2.45) is 0 Å². The van der Waals surface area contributed by atoms with E-state index in [1.807, 2.05) is 13.0 Å². The van der Waals surface area contributed by atoms with Crippen LogP contribution in [0.25, 0.3) is 0 Å². The quantitative estimate of drug-likeness (QED) is 0.841. The van der Waals surface area contributed by atoms with E-state index in [1.165, 1.54) is 12.8 Å². The summed E-state index contributed by atoms with van der Waals surface area (Å²) in [6.07, 6.45) is 2.48. The lowest BCUT2D eigenvalue weighted by atomic mass is 10.0. The maximum atomic E-state index is 5.08. The van der Waals surface area contributed by atoms with Crippen LogP contribution in [0.2, 0.25) is 0 Å². The van der Waals surface area contributed by atoms with E-state index in [9.17, 15) is 0 Å². The molecule has 1 aromatic rings. The fourth-order valence-electron chi connectivity index (χ4n) is 2.31. The van der Waals surface area contributed by atoms with Crippen LogP contribution in [0, 0.1) is 6.92 Å². The van der Waals surface area contributed by atoms with E-state index in [-0.39, 0.29) is 0 Å². The fraction of sp³-hybridized carbons (Fsp3) is 0.750. The van der Waals surface area contributed by atoms with Gasteiger partial charge >= 0.3 is 0 Å². The summed E-state index contributed by atoms with van der Waals surface area (Å²) in [7, 11) is 0. The number of rotatable bonds is 4. The Labute approximate surface area is 97.0 Å². The summed E-state index contributed by atoms with van der Waals surface area (Å²) in [5.74, 6) is 0.900. The Kier molecular flexibility index (Phi) is 3.96. The predicted molar refractivity (Wildman–Crippen MR) is 63.2 cm³/mol. The molecule has 1 N–H and O–H groups in total. The summed E-state index contributed by atoms with van der Waals surface area (Å²) in [5.41, 5.74) is 1.06. The smallest absolute Gasteiger partial charge is 0.133 e. The maximum Gasteiger partial charge on any atom is 0.133 e. The number of nitrogens with zero attached hydrogens (tertiary/aromatic N) is 2. The Bertz CT molecular complexity index is 316. The largest absolute Gasteiger partial charge is 0.361 e. The summed E-state index contributed by atoms with van der Waals surface area (Å²) < 4.78 is 5.08. The van der Waals surface area contributed by atoms with E-state index in [0.29, 0.717) is 6.04 Å². The molecule has 16 heavy (non-hydrogen) atoms. The van der Waals surface area contributed by atoms with Crippen molar-refractivity contribution in [2.75, 3.05) is 19.6 Å². The van der Waals surface area contributed by atoms with Crippen LogP contribution in [0.1, 0.15) is 31.2 Å². The van der Waals surface area contributed by atoms with Gasteiger partial charge in [0.1, 0.15) is 5.76 Å². The summed E-state index contributed by atoms with van der Waals surface area (Å²) >= 11 is 0. The molecule has 1 aliphatic heterocycles. The second-order valence-corrected chi connectivity index (χ2v) is 4.54. The molecule has 0 radical (unpaired) electrons. The molecule has 2 rings (SSSR count). The molecule has 0 aromatic carbocycles. The molecule has 1 aromatic heterocycles. The van der Waals surface area contributed by atoms with Gasteiger partial charge in [-0.05, 0) is 26.3 Å². The van der Waals surface area contributed by atoms with E-state index >= 15 is 0 Å². The zero-order chi connectivity index (χ0) is 11.4. The number of nitrogens with one attached hydrogen (secondary N) is 1. The highest BCUT2D eigenvalue weighted by atomic mass is 16.5. The number of aromatic nitrogens is 1. The van der Waals surface area contributed by atoms with Gasteiger partial charge in [0.05, 0.1) is 5.69 Å². The third kappa shape index (κ3) is 3.06. The normalized spacial score (nSPS) is 19.1. The predicted octanol–water partition coefficient (Wildman–Crippen LogP) is 1.56. The van der Waals surface area contributed by atoms with Crippen LogP contribution in [-0.4, -0.2) is 35.7 Å². The number of hydrogen-bond donors (Lipinski definition) is 1. The van der Waals surface area contributed by atoms with E-state index in [0.717, 1.165) is 37.6 Å². The van der Waals surface area contributed by atoms with Crippen molar-refractivity contribution < 1.29 is 4.52 Å². The Hall–Kier alpha value is -0.870. The van der Waals surface area contributed by atoms with Gasteiger partial charge in [0, 0.05) is 31.7 Å². The van der Waals surface area contributed by atoms with Crippen molar-refractivity contribution in [3.8, 4) is 0 Å². The molecule has 0 unspecified atom stereocenters. The lowest BCUT2D eigenvalue weighted by Crippen LogP contribution is -2.42. The van der Waals surface area contributed by atoms with Crippen molar-refractivity contribution in [3.63, 3.8) is 0 Å². The van der Waals surface area contributed by atoms with Gasteiger partial charge in [-0.1, -0.05) is 12.1 Å². The average molecular weight is 223 g/mol. The van der Waals surface area contributed by atoms with E-state index < -0.39 is 0 Å². The molecule has 1 saturated heterocycles. The molecule has 0 saturated carbocycles. The van der Waals surface area contributed by atoms with Crippen molar-refractivity contribution in [3.05, 3.63) is 17.5 Å². The van der Waals surface area contributed by atoms with Gasteiger partial charge in [-0.25, -0.2) is 0 Å². The van der Waals surface area contributed by atoms with Gasteiger partial charge in [0.15, 0.2) is 0 Å². The monoisotopic (exact) mass is 223 g/mol. The minimum absolute atomic E-state index is 0.709. The summed E-state index contributed by atoms with van der Waals surface area (Å²) in [6, 6.07) is 2.73. The molecule has 0 atom stereocenters. The number of aryl methyl sites for hydroxylation is 1. The highest BCUT2D eigenvalue weighted by molar-refractivity contribution is 5.03. The minimum atomic E-state index is 0.709. The summed E-state index contributed by atoms with van der Waals surface area (Å²) in [5, 5.41) is 7.55. The average Bonchev–Trinajstić information content (AvgIpc) is 2.67. The molecule has 2 heterocycles. The van der Waals surface area contributed by atoms with Crippen LogP contribution < -0.4 is 5.32 Å². The molecule has 1 fully saturated rings. The topological polar surface area (TPSA) is 41.3 Å². The molecule has 4 heteroatoms. The highest BCUT2D eigenvalue weighted by Gasteiger charge is 2.18.